The Morgan fingerprint density at radius 2 is 1.94 bits per heavy atom. The largest absolute Gasteiger partial charge is 0.346 e. The van der Waals surface area contributed by atoms with E-state index in [0.717, 1.165) is 12.2 Å². The number of pyridine rings is 1. The lowest BCUT2D eigenvalue weighted by Gasteiger charge is -2.12. The number of hydrogen-bond acceptors (Lipinski definition) is 1. The molecule has 0 spiro atoms. The molecule has 2 aromatic rings. The Balaban J connectivity index is 2.41. The zero-order chi connectivity index (χ0) is 12.3. The van der Waals surface area contributed by atoms with Crippen LogP contribution in [0.5, 0.6) is 0 Å². The first kappa shape index (κ1) is 11.4. The summed E-state index contributed by atoms with van der Waals surface area (Å²) >= 11 is 0. The van der Waals surface area contributed by atoms with Gasteiger partial charge in [-0.15, -0.1) is 0 Å². The number of aromatic nitrogens is 1. The van der Waals surface area contributed by atoms with Gasteiger partial charge in [-0.1, -0.05) is 43.0 Å². The molecule has 17 heavy (non-hydrogen) atoms. The van der Waals surface area contributed by atoms with Gasteiger partial charge in [-0.2, -0.15) is 0 Å². The number of rotatable bonds is 3. The van der Waals surface area contributed by atoms with E-state index < -0.39 is 0 Å². The van der Waals surface area contributed by atoms with Crippen LogP contribution in [0.25, 0.3) is 6.08 Å². The summed E-state index contributed by atoms with van der Waals surface area (Å²) in [5.41, 5.74) is 2.89. The average molecular weight is 225 g/mol. The molecule has 86 valence electrons. The highest BCUT2D eigenvalue weighted by Crippen LogP contribution is 2.08. The van der Waals surface area contributed by atoms with E-state index in [9.17, 15) is 4.79 Å². The van der Waals surface area contributed by atoms with E-state index in [4.69, 9.17) is 0 Å². The maximum absolute atomic E-state index is 11.6. The van der Waals surface area contributed by atoms with Gasteiger partial charge in [0.1, 0.15) is 0 Å². The molecule has 0 atom stereocenters. The Bertz CT molecular complexity index is 582. The van der Waals surface area contributed by atoms with Crippen LogP contribution in [0.1, 0.15) is 16.8 Å². The fourth-order valence-corrected chi connectivity index (χ4v) is 1.89. The first-order valence-corrected chi connectivity index (χ1v) is 5.59. The van der Waals surface area contributed by atoms with E-state index >= 15 is 0 Å². The lowest BCUT2D eigenvalue weighted by Crippen LogP contribution is -2.14. The first-order chi connectivity index (χ1) is 8.22. The lowest BCUT2D eigenvalue weighted by atomic mass is 10.1. The molecule has 2 nitrogen and oxygen atoms in total. The SMILES string of the molecule is C=Cc1c(C)n(Cc2ccccc2)ccc1=O. The molecule has 2 rings (SSSR count). The molecule has 1 heterocycles. The van der Waals surface area contributed by atoms with Gasteiger partial charge in [0.15, 0.2) is 5.43 Å². The van der Waals surface area contributed by atoms with Crippen LogP contribution in [0.3, 0.4) is 0 Å². The maximum atomic E-state index is 11.6. The molecule has 2 heteroatoms. The van der Waals surface area contributed by atoms with Crippen molar-refractivity contribution in [3.05, 3.63) is 76.2 Å². The standard InChI is InChI=1S/C15H15NO/c1-3-14-12(2)16(10-9-15(14)17)11-13-7-5-4-6-8-13/h3-10H,1,11H2,2H3. The van der Waals surface area contributed by atoms with Crippen LogP contribution in [0, 0.1) is 6.92 Å². The Morgan fingerprint density at radius 1 is 1.24 bits per heavy atom. The van der Waals surface area contributed by atoms with Crippen molar-refractivity contribution in [1.29, 1.82) is 0 Å². The molecule has 0 amide bonds. The molecule has 1 aromatic carbocycles. The van der Waals surface area contributed by atoms with Crippen molar-refractivity contribution in [2.24, 2.45) is 0 Å². The fourth-order valence-electron chi connectivity index (χ4n) is 1.89. The molecule has 1 aromatic heterocycles. The zero-order valence-corrected chi connectivity index (χ0v) is 9.89. The average Bonchev–Trinajstić information content (AvgIpc) is 2.35. The molecular formula is C15H15NO. The summed E-state index contributed by atoms with van der Waals surface area (Å²) in [5, 5.41) is 0. The second kappa shape index (κ2) is 4.83. The van der Waals surface area contributed by atoms with Crippen LogP contribution < -0.4 is 5.43 Å². The van der Waals surface area contributed by atoms with E-state index in [2.05, 4.69) is 23.3 Å². The predicted octanol–water partition coefficient (Wildman–Crippen LogP) is 2.85. The lowest BCUT2D eigenvalue weighted by molar-refractivity contribution is 0.755. The molecular weight excluding hydrogens is 210 g/mol. The van der Waals surface area contributed by atoms with Gasteiger partial charge in [0.2, 0.25) is 0 Å². The Labute approximate surface area is 101 Å². The summed E-state index contributed by atoms with van der Waals surface area (Å²) in [4.78, 5) is 11.6. The fraction of sp³-hybridized carbons (Fsp3) is 0.133. The smallest absolute Gasteiger partial charge is 0.189 e. The topological polar surface area (TPSA) is 22.0 Å². The van der Waals surface area contributed by atoms with Gasteiger partial charge in [0.05, 0.1) is 0 Å². The van der Waals surface area contributed by atoms with E-state index in [1.165, 1.54) is 5.56 Å². The molecule has 0 saturated heterocycles. The summed E-state index contributed by atoms with van der Waals surface area (Å²) in [6.07, 6.45) is 3.46. The molecule has 0 fully saturated rings. The van der Waals surface area contributed by atoms with Crippen molar-refractivity contribution in [2.45, 2.75) is 13.5 Å². The van der Waals surface area contributed by atoms with Gasteiger partial charge in [-0.25, -0.2) is 0 Å². The molecule has 0 aliphatic carbocycles. The molecule has 0 aliphatic rings. The van der Waals surface area contributed by atoms with Crippen LogP contribution in [0.4, 0.5) is 0 Å². The summed E-state index contributed by atoms with van der Waals surface area (Å²) in [6.45, 7) is 6.40. The van der Waals surface area contributed by atoms with Crippen molar-refractivity contribution in [3.8, 4) is 0 Å². The monoisotopic (exact) mass is 225 g/mol. The quantitative estimate of drug-likeness (QED) is 0.787. The van der Waals surface area contributed by atoms with Gasteiger partial charge < -0.3 is 4.57 Å². The first-order valence-electron chi connectivity index (χ1n) is 5.59. The molecule has 0 aliphatic heterocycles. The van der Waals surface area contributed by atoms with Crippen molar-refractivity contribution in [1.82, 2.24) is 4.57 Å². The summed E-state index contributed by atoms with van der Waals surface area (Å²) in [5.74, 6) is 0. The number of nitrogens with zero attached hydrogens (tertiary/aromatic N) is 1. The second-order valence-electron chi connectivity index (χ2n) is 4.00. The third kappa shape index (κ3) is 2.36. The van der Waals surface area contributed by atoms with Crippen LogP contribution in [-0.2, 0) is 6.54 Å². The number of benzene rings is 1. The van der Waals surface area contributed by atoms with Crippen LogP contribution in [-0.4, -0.2) is 4.57 Å². The minimum atomic E-state index is 0.0295. The zero-order valence-electron chi connectivity index (χ0n) is 9.89. The van der Waals surface area contributed by atoms with Gasteiger partial charge in [0, 0.05) is 30.1 Å². The van der Waals surface area contributed by atoms with Crippen molar-refractivity contribution in [3.63, 3.8) is 0 Å². The van der Waals surface area contributed by atoms with Gasteiger partial charge in [-0.05, 0) is 12.5 Å². The van der Waals surface area contributed by atoms with Gasteiger partial charge >= 0.3 is 0 Å². The van der Waals surface area contributed by atoms with Crippen molar-refractivity contribution in [2.75, 3.05) is 0 Å². The van der Waals surface area contributed by atoms with Crippen LogP contribution in [0.15, 0.2) is 54.0 Å². The normalized spacial score (nSPS) is 10.2. The van der Waals surface area contributed by atoms with E-state index in [1.54, 1.807) is 12.1 Å². The van der Waals surface area contributed by atoms with Gasteiger partial charge in [-0.3, -0.25) is 4.79 Å². The van der Waals surface area contributed by atoms with Crippen molar-refractivity contribution >= 4 is 6.08 Å². The van der Waals surface area contributed by atoms with E-state index in [-0.39, 0.29) is 5.43 Å². The van der Waals surface area contributed by atoms with Crippen LogP contribution in [0.2, 0.25) is 0 Å². The van der Waals surface area contributed by atoms with Crippen molar-refractivity contribution < 1.29 is 0 Å². The highest BCUT2D eigenvalue weighted by molar-refractivity contribution is 5.49. The summed E-state index contributed by atoms with van der Waals surface area (Å²) in [7, 11) is 0. The minimum Gasteiger partial charge on any atom is -0.346 e. The molecule has 0 radical (unpaired) electrons. The maximum Gasteiger partial charge on any atom is 0.189 e. The highest BCUT2D eigenvalue weighted by atomic mass is 16.1. The number of hydrogen-bond donors (Lipinski definition) is 0. The van der Waals surface area contributed by atoms with E-state index in [0.29, 0.717) is 5.56 Å². The Kier molecular flexibility index (Phi) is 3.24. The second-order valence-corrected chi connectivity index (χ2v) is 4.00. The third-order valence-electron chi connectivity index (χ3n) is 2.89. The Morgan fingerprint density at radius 3 is 2.59 bits per heavy atom. The van der Waals surface area contributed by atoms with Gasteiger partial charge in [0.25, 0.3) is 0 Å². The highest BCUT2D eigenvalue weighted by Gasteiger charge is 2.03. The molecule has 0 N–H and O–H groups in total. The molecule has 0 unspecified atom stereocenters. The molecule has 0 saturated carbocycles. The predicted molar refractivity (Wildman–Crippen MR) is 71.1 cm³/mol. The van der Waals surface area contributed by atoms with E-state index in [1.807, 2.05) is 31.3 Å². The Hall–Kier alpha value is -2.09. The summed E-state index contributed by atoms with van der Waals surface area (Å²) < 4.78 is 2.06. The van der Waals surface area contributed by atoms with Crippen LogP contribution >= 0.6 is 0 Å². The third-order valence-corrected chi connectivity index (χ3v) is 2.89. The minimum absolute atomic E-state index is 0.0295. The molecule has 0 bridgehead atoms. The summed E-state index contributed by atoms with van der Waals surface area (Å²) in [6, 6.07) is 11.8.